The van der Waals surface area contributed by atoms with Gasteiger partial charge in [-0.25, -0.2) is 14.6 Å². The number of rotatable bonds is 7. The number of thiophene rings is 1. The highest BCUT2D eigenvalue weighted by atomic mass is 32.1. The van der Waals surface area contributed by atoms with Crippen molar-refractivity contribution in [3.63, 3.8) is 0 Å². The second kappa shape index (κ2) is 11.7. The van der Waals surface area contributed by atoms with E-state index in [1.165, 1.54) is 11.3 Å². The molecule has 0 bridgehead atoms. The first-order valence-corrected chi connectivity index (χ1v) is 15.2. The van der Waals surface area contributed by atoms with E-state index in [2.05, 4.69) is 55.7 Å². The van der Waals surface area contributed by atoms with Gasteiger partial charge >= 0.3 is 12.2 Å². The molecule has 10 nitrogen and oxygen atoms in total. The molecule has 0 unspecified atom stereocenters. The van der Waals surface area contributed by atoms with Crippen molar-refractivity contribution >= 4 is 51.2 Å². The van der Waals surface area contributed by atoms with Crippen molar-refractivity contribution in [3.05, 3.63) is 41.3 Å². The van der Waals surface area contributed by atoms with Crippen molar-refractivity contribution < 1.29 is 19.1 Å². The number of nitrogens with one attached hydrogen (secondary N) is 2. The number of carbonyl (C=O) groups is 2. The van der Waals surface area contributed by atoms with Crippen LogP contribution in [0.2, 0.25) is 0 Å². The predicted octanol–water partition coefficient (Wildman–Crippen LogP) is 6.66. The standard InChI is InChI=1S/C30H40N6O4S/c1-18(2)24-17-39-29(38)36(24)26-25-23(13-16-41-25)33-27(34-26)31-19(3)20-7-9-21(10-8-20)32-22-11-14-35(15-12-22)28(37)40-30(4,5)6/h7-10,13,16,18-19,22,24,32H,11-12,14-15,17H2,1-6H3,(H,31,33,34)/t19-,24+/m0/s1. The maximum absolute atomic E-state index is 12.7. The monoisotopic (exact) mass is 580 g/mol. The number of likely N-dealkylation sites (tertiary alicyclic amines) is 1. The minimum absolute atomic E-state index is 0.0588. The quantitative estimate of drug-likeness (QED) is 0.319. The van der Waals surface area contributed by atoms with Crippen LogP contribution in [0.3, 0.4) is 0 Å². The van der Waals surface area contributed by atoms with E-state index >= 15 is 0 Å². The number of carbonyl (C=O) groups excluding carboxylic acids is 2. The van der Waals surface area contributed by atoms with Crippen LogP contribution in [0.1, 0.15) is 66.0 Å². The Balaban J connectivity index is 1.22. The molecule has 2 atom stereocenters. The maximum atomic E-state index is 12.7. The third-order valence-electron chi connectivity index (χ3n) is 7.46. The van der Waals surface area contributed by atoms with E-state index in [9.17, 15) is 9.59 Å². The summed E-state index contributed by atoms with van der Waals surface area (Å²) >= 11 is 1.52. The molecule has 2 aliphatic heterocycles. The third kappa shape index (κ3) is 6.66. The van der Waals surface area contributed by atoms with Crippen LogP contribution in [0.4, 0.5) is 27.0 Å². The van der Waals surface area contributed by atoms with Crippen molar-refractivity contribution in [1.82, 2.24) is 14.9 Å². The SMILES string of the molecule is CC(C)[C@H]1COC(=O)N1c1nc(N[C@@H](C)c2ccc(NC3CCN(C(=O)OC(C)(C)C)CC3)cc2)nc2ccsc12. The lowest BCUT2D eigenvalue weighted by Crippen LogP contribution is -2.44. The number of benzene rings is 1. The Labute approximate surface area is 245 Å². The predicted molar refractivity (Wildman–Crippen MR) is 163 cm³/mol. The van der Waals surface area contributed by atoms with E-state index in [0.29, 0.717) is 37.5 Å². The maximum Gasteiger partial charge on any atom is 0.415 e. The Hall–Kier alpha value is -3.60. The summed E-state index contributed by atoms with van der Waals surface area (Å²) in [5.74, 6) is 1.30. The number of cyclic esters (lactones) is 1. The van der Waals surface area contributed by atoms with Crippen molar-refractivity contribution in [1.29, 1.82) is 0 Å². The molecule has 0 spiro atoms. The number of ether oxygens (including phenoxy) is 2. The van der Waals surface area contributed by atoms with Crippen LogP contribution in [0.5, 0.6) is 0 Å². The fourth-order valence-electron chi connectivity index (χ4n) is 5.16. The number of fused-ring (bicyclic) bond motifs is 1. The molecular weight excluding hydrogens is 540 g/mol. The number of aromatic nitrogens is 2. The average Bonchev–Trinajstić information content (AvgIpc) is 3.54. The van der Waals surface area contributed by atoms with Crippen LogP contribution in [0.15, 0.2) is 35.7 Å². The Morgan fingerprint density at radius 2 is 1.80 bits per heavy atom. The molecule has 2 saturated heterocycles. The molecule has 2 aliphatic rings. The first-order chi connectivity index (χ1) is 19.5. The zero-order valence-electron chi connectivity index (χ0n) is 24.6. The second-order valence-electron chi connectivity index (χ2n) is 12.1. The number of hydrogen-bond acceptors (Lipinski definition) is 9. The molecule has 11 heteroatoms. The minimum atomic E-state index is -0.482. The van der Waals surface area contributed by atoms with E-state index in [1.54, 1.807) is 9.80 Å². The summed E-state index contributed by atoms with van der Waals surface area (Å²) in [6.07, 6.45) is 1.13. The molecule has 2 amide bonds. The van der Waals surface area contributed by atoms with Crippen LogP contribution in [-0.2, 0) is 9.47 Å². The van der Waals surface area contributed by atoms with Crippen LogP contribution in [-0.4, -0.2) is 64.4 Å². The van der Waals surface area contributed by atoms with E-state index in [0.717, 1.165) is 34.3 Å². The van der Waals surface area contributed by atoms with Crippen molar-refractivity contribution in [2.75, 3.05) is 35.2 Å². The fraction of sp³-hybridized carbons (Fsp3) is 0.533. The van der Waals surface area contributed by atoms with E-state index in [4.69, 9.17) is 19.4 Å². The molecule has 1 aromatic carbocycles. The van der Waals surface area contributed by atoms with Crippen LogP contribution in [0.25, 0.3) is 10.2 Å². The van der Waals surface area contributed by atoms with Crippen LogP contribution >= 0.6 is 11.3 Å². The molecular formula is C30H40N6O4S. The van der Waals surface area contributed by atoms with Gasteiger partial charge in [0.2, 0.25) is 5.95 Å². The molecule has 2 aromatic heterocycles. The smallest absolute Gasteiger partial charge is 0.415 e. The summed E-state index contributed by atoms with van der Waals surface area (Å²) in [5.41, 5.74) is 2.45. The topological polar surface area (TPSA) is 109 Å². The molecule has 4 heterocycles. The average molecular weight is 581 g/mol. The highest BCUT2D eigenvalue weighted by Crippen LogP contribution is 2.35. The summed E-state index contributed by atoms with van der Waals surface area (Å²) < 4.78 is 11.8. The van der Waals surface area contributed by atoms with Gasteiger partial charge < -0.3 is 25.0 Å². The zero-order valence-corrected chi connectivity index (χ0v) is 25.5. The first-order valence-electron chi connectivity index (χ1n) is 14.3. The van der Waals surface area contributed by atoms with E-state index in [-0.39, 0.29) is 30.2 Å². The van der Waals surface area contributed by atoms with Gasteiger partial charge in [0.25, 0.3) is 0 Å². The third-order valence-corrected chi connectivity index (χ3v) is 8.36. The zero-order chi connectivity index (χ0) is 29.3. The van der Waals surface area contributed by atoms with Gasteiger partial charge in [-0.1, -0.05) is 26.0 Å². The summed E-state index contributed by atoms with van der Waals surface area (Å²) in [6, 6.07) is 10.5. The molecule has 41 heavy (non-hydrogen) atoms. The Kier molecular flexibility index (Phi) is 8.26. The van der Waals surface area contributed by atoms with E-state index in [1.807, 2.05) is 32.2 Å². The van der Waals surface area contributed by atoms with Gasteiger partial charge in [0.1, 0.15) is 12.2 Å². The van der Waals surface area contributed by atoms with Gasteiger partial charge in [0.05, 0.1) is 22.3 Å². The normalized spacial score (nSPS) is 19.0. The Bertz CT molecular complexity index is 1380. The van der Waals surface area contributed by atoms with Gasteiger partial charge in [0, 0.05) is 24.8 Å². The van der Waals surface area contributed by atoms with E-state index < -0.39 is 5.60 Å². The molecule has 5 rings (SSSR count). The molecule has 0 radical (unpaired) electrons. The highest BCUT2D eigenvalue weighted by Gasteiger charge is 2.38. The van der Waals surface area contributed by atoms with Gasteiger partial charge in [-0.05, 0) is 75.6 Å². The van der Waals surface area contributed by atoms with Crippen molar-refractivity contribution in [2.24, 2.45) is 5.92 Å². The van der Waals surface area contributed by atoms with Gasteiger partial charge in [-0.15, -0.1) is 11.3 Å². The van der Waals surface area contributed by atoms with Gasteiger partial charge in [0.15, 0.2) is 5.82 Å². The van der Waals surface area contributed by atoms with Crippen molar-refractivity contribution in [2.45, 2.75) is 78.1 Å². The minimum Gasteiger partial charge on any atom is -0.447 e. The van der Waals surface area contributed by atoms with Gasteiger partial charge in [-0.2, -0.15) is 4.98 Å². The second-order valence-corrected chi connectivity index (χ2v) is 13.1. The van der Waals surface area contributed by atoms with Gasteiger partial charge in [-0.3, -0.25) is 4.90 Å². The number of hydrogen-bond donors (Lipinski definition) is 2. The molecule has 0 saturated carbocycles. The molecule has 0 aliphatic carbocycles. The molecule has 220 valence electrons. The van der Waals surface area contributed by atoms with Crippen molar-refractivity contribution in [3.8, 4) is 0 Å². The number of nitrogens with zero attached hydrogens (tertiary/aromatic N) is 4. The van der Waals surface area contributed by atoms with Crippen LogP contribution in [0, 0.1) is 5.92 Å². The summed E-state index contributed by atoms with van der Waals surface area (Å²) in [6.45, 7) is 13.6. The molecule has 3 aromatic rings. The Morgan fingerprint density at radius 3 is 2.46 bits per heavy atom. The lowest BCUT2D eigenvalue weighted by Gasteiger charge is -2.34. The lowest BCUT2D eigenvalue weighted by molar-refractivity contribution is 0.0210. The molecule has 2 N–H and O–H groups in total. The van der Waals surface area contributed by atoms with Crippen LogP contribution < -0.4 is 15.5 Å². The highest BCUT2D eigenvalue weighted by molar-refractivity contribution is 7.17. The molecule has 2 fully saturated rings. The fourth-order valence-corrected chi connectivity index (χ4v) is 5.98. The summed E-state index contributed by atoms with van der Waals surface area (Å²) in [7, 11) is 0. The Morgan fingerprint density at radius 1 is 1.10 bits per heavy atom. The summed E-state index contributed by atoms with van der Waals surface area (Å²) in [4.78, 5) is 38.0. The summed E-state index contributed by atoms with van der Waals surface area (Å²) in [5, 5.41) is 9.00. The lowest BCUT2D eigenvalue weighted by atomic mass is 10.0. The largest absolute Gasteiger partial charge is 0.447 e. The first kappa shape index (κ1) is 28.9. The number of anilines is 3. The number of piperidine rings is 1. The number of amides is 2.